The van der Waals surface area contributed by atoms with Crippen LogP contribution in [0, 0.1) is 6.92 Å². The van der Waals surface area contributed by atoms with E-state index in [-0.39, 0.29) is 18.4 Å². The average Bonchev–Trinajstić information content (AvgIpc) is 2.81. The predicted molar refractivity (Wildman–Crippen MR) is 75.7 cm³/mol. The SMILES string of the molecule is Cc1cn[nH]c1NC(=O)CNC(=O)c1cccc(Cl)c1. The lowest BCUT2D eigenvalue weighted by Gasteiger charge is -2.06. The molecule has 1 aromatic heterocycles. The zero-order valence-electron chi connectivity index (χ0n) is 10.7. The molecule has 0 aliphatic carbocycles. The Morgan fingerprint density at radius 2 is 2.20 bits per heavy atom. The molecular formula is C13H13ClN4O2. The van der Waals surface area contributed by atoms with Gasteiger partial charge < -0.3 is 10.6 Å². The standard InChI is InChI=1S/C13H13ClN4O2/c1-8-6-16-18-12(8)17-11(19)7-15-13(20)9-3-2-4-10(14)5-9/h2-6H,7H2,1H3,(H,15,20)(H2,16,17,18,19). The highest BCUT2D eigenvalue weighted by Crippen LogP contribution is 2.10. The molecule has 0 spiro atoms. The summed E-state index contributed by atoms with van der Waals surface area (Å²) in [6.07, 6.45) is 1.60. The lowest BCUT2D eigenvalue weighted by atomic mass is 10.2. The van der Waals surface area contributed by atoms with Gasteiger partial charge >= 0.3 is 0 Å². The van der Waals surface area contributed by atoms with Crippen molar-refractivity contribution in [1.82, 2.24) is 15.5 Å². The van der Waals surface area contributed by atoms with Crippen molar-refractivity contribution in [2.24, 2.45) is 0 Å². The molecule has 20 heavy (non-hydrogen) atoms. The molecule has 1 aromatic carbocycles. The van der Waals surface area contributed by atoms with Gasteiger partial charge in [-0.25, -0.2) is 0 Å². The van der Waals surface area contributed by atoms with Gasteiger partial charge in [0.05, 0.1) is 12.7 Å². The van der Waals surface area contributed by atoms with Crippen LogP contribution in [0.2, 0.25) is 5.02 Å². The summed E-state index contributed by atoms with van der Waals surface area (Å²) in [7, 11) is 0. The summed E-state index contributed by atoms with van der Waals surface area (Å²) in [6.45, 7) is 1.67. The number of hydrogen-bond donors (Lipinski definition) is 3. The lowest BCUT2D eigenvalue weighted by Crippen LogP contribution is -2.33. The monoisotopic (exact) mass is 292 g/mol. The number of amides is 2. The van der Waals surface area contributed by atoms with Crippen LogP contribution < -0.4 is 10.6 Å². The maximum Gasteiger partial charge on any atom is 0.251 e. The van der Waals surface area contributed by atoms with E-state index in [9.17, 15) is 9.59 Å². The first-order valence-corrected chi connectivity index (χ1v) is 6.27. The Balaban J connectivity index is 1.87. The third-order valence-corrected chi connectivity index (χ3v) is 2.82. The van der Waals surface area contributed by atoms with Crippen LogP contribution in [-0.2, 0) is 4.79 Å². The van der Waals surface area contributed by atoms with Crippen LogP contribution in [-0.4, -0.2) is 28.6 Å². The highest BCUT2D eigenvalue weighted by Gasteiger charge is 2.10. The van der Waals surface area contributed by atoms with Gasteiger partial charge in [-0.05, 0) is 25.1 Å². The molecule has 0 saturated heterocycles. The van der Waals surface area contributed by atoms with E-state index in [2.05, 4.69) is 20.8 Å². The summed E-state index contributed by atoms with van der Waals surface area (Å²) in [4.78, 5) is 23.5. The summed E-state index contributed by atoms with van der Waals surface area (Å²) < 4.78 is 0. The van der Waals surface area contributed by atoms with Crippen LogP contribution in [0.4, 0.5) is 5.82 Å². The van der Waals surface area contributed by atoms with Gasteiger partial charge in [0.2, 0.25) is 5.91 Å². The molecule has 0 fully saturated rings. The fourth-order valence-electron chi connectivity index (χ4n) is 1.55. The minimum Gasteiger partial charge on any atom is -0.343 e. The minimum atomic E-state index is -0.357. The first kappa shape index (κ1) is 14.1. The Hall–Kier alpha value is -2.34. The van der Waals surface area contributed by atoms with Crippen molar-refractivity contribution in [3.05, 3.63) is 46.6 Å². The van der Waals surface area contributed by atoms with Gasteiger partial charge in [0.15, 0.2) is 0 Å². The highest BCUT2D eigenvalue weighted by molar-refractivity contribution is 6.31. The van der Waals surface area contributed by atoms with Gasteiger partial charge in [0.1, 0.15) is 5.82 Å². The highest BCUT2D eigenvalue weighted by atomic mass is 35.5. The van der Waals surface area contributed by atoms with Crippen LogP contribution in [0.15, 0.2) is 30.5 Å². The number of halogens is 1. The number of aromatic amines is 1. The molecule has 1 heterocycles. The van der Waals surface area contributed by atoms with Crippen LogP contribution in [0.3, 0.4) is 0 Å². The molecule has 0 unspecified atom stereocenters. The fourth-order valence-corrected chi connectivity index (χ4v) is 1.74. The largest absolute Gasteiger partial charge is 0.343 e. The van der Waals surface area contributed by atoms with Gasteiger partial charge in [-0.1, -0.05) is 17.7 Å². The number of aryl methyl sites for hydroxylation is 1. The molecule has 2 aromatic rings. The number of anilines is 1. The topological polar surface area (TPSA) is 86.9 Å². The number of H-pyrrole nitrogens is 1. The average molecular weight is 293 g/mol. The van der Waals surface area contributed by atoms with Gasteiger partial charge in [0.25, 0.3) is 5.91 Å². The van der Waals surface area contributed by atoms with Gasteiger partial charge in [-0.3, -0.25) is 14.7 Å². The summed E-state index contributed by atoms with van der Waals surface area (Å²) in [5.74, 6) is -0.177. The number of nitrogens with zero attached hydrogens (tertiary/aromatic N) is 1. The number of aromatic nitrogens is 2. The van der Waals surface area contributed by atoms with E-state index < -0.39 is 0 Å². The van der Waals surface area contributed by atoms with E-state index in [1.807, 2.05) is 6.92 Å². The van der Waals surface area contributed by atoms with E-state index in [0.29, 0.717) is 16.4 Å². The van der Waals surface area contributed by atoms with Gasteiger partial charge in [-0.2, -0.15) is 5.10 Å². The van der Waals surface area contributed by atoms with Crippen molar-refractivity contribution in [2.45, 2.75) is 6.92 Å². The quantitative estimate of drug-likeness (QED) is 0.802. The van der Waals surface area contributed by atoms with Crippen LogP contribution in [0.1, 0.15) is 15.9 Å². The van der Waals surface area contributed by atoms with Gasteiger partial charge in [-0.15, -0.1) is 0 Å². The van der Waals surface area contributed by atoms with E-state index in [1.54, 1.807) is 24.4 Å². The summed E-state index contributed by atoms with van der Waals surface area (Å²) >= 11 is 5.79. The first-order valence-electron chi connectivity index (χ1n) is 5.90. The Labute approximate surface area is 120 Å². The molecule has 3 N–H and O–H groups in total. The molecule has 0 aliphatic heterocycles. The van der Waals surface area contributed by atoms with Crippen LogP contribution in [0.25, 0.3) is 0 Å². The normalized spacial score (nSPS) is 10.1. The molecule has 0 bridgehead atoms. The van der Waals surface area contributed by atoms with Crippen molar-refractivity contribution in [3.63, 3.8) is 0 Å². The first-order chi connectivity index (χ1) is 9.56. The third kappa shape index (κ3) is 3.58. The summed E-state index contributed by atoms with van der Waals surface area (Å²) in [5, 5.41) is 12.0. The summed E-state index contributed by atoms with van der Waals surface area (Å²) in [5.41, 5.74) is 1.22. The number of carbonyl (C=O) groups is 2. The maximum atomic E-state index is 11.8. The second-order valence-corrected chi connectivity index (χ2v) is 4.61. The molecule has 6 nitrogen and oxygen atoms in total. The van der Waals surface area contributed by atoms with Crippen molar-refractivity contribution in [1.29, 1.82) is 0 Å². The van der Waals surface area contributed by atoms with E-state index in [4.69, 9.17) is 11.6 Å². The van der Waals surface area contributed by atoms with Gasteiger partial charge in [0, 0.05) is 16.1 Å². The van der Waals surface area contributed by atoms with Crippen LogP contribution >= 0.6 is 11.6 Å². The zero-order chi connectivity index (χ0) is 14.5. The van der Waals surface area contributed by atoms with Crippen molar-refractivity contribution >= 4 is 29.2 Å². The smallest absolute Gasteiger partial charge is 0.251 e. The third-order valence-electron chi connectivity index (χ3n) is 2.59. The predicted octanol–water partition coefficient (Wildman–Crippen LogP) is 1.74. The minimum absolute atomic E-state index is 0.135. The Morgan fingerprint density at radius 1 is 1.40 bits per heavy atom. The Kier molecular flexibility index (Phi) is 4.37. The number of benzene rings is 1. The molecule has 2 amide bonds. The van der Waals surface area contributed by atoms with E-state index in [0.717, 1.165) is 5.56 Å². The lowest BCUT2D eigenvalue weighted by molar-refractivity contribution is -0.115. The molecule has 2 rings (SSSR count). The van der Waals surface area contributed by atoms with E-state index in [1.165, 1.54) is 6.07 Å². The van der Waals surface area contributed by atoms with E-state index >= 15 is 0 Å². The molecule has 0 aliphatic rings. The zero-order valence-corrected chi connectivity index (χ0v) is 11.5. The maximum absolute atomic E-state index is 11.8. The molecule has 0 saturated carbocycles. The van der Waals surface area contributed by atoms with Crippen molar-refractivity contribution in [3.8, 4) is 0 Å². The van der Waals surface area contributed by atoms with Crippen LogP contribution in [0.5, 0.6) is 0 Å². The second kappa shape index (κ2) is 6.21. The Bertz CT molecular complexity index is 639. The van der Waals surface area contributed by atoms with Crippen molar-refractivity contribution < 1.29 is 9.59 Å². The fraction of sp³-hybridized carbons (Fsp3) is 0.154. The number of nitrogens with one attached hydrogen (secondary N) is 3. The summed E-state index contributed by atoms with van der Waals surface area (Å²) in [6, 6.07) is 6.50. The molecule has 104 valence electrons. The number of hydrogen-bond acceptors (Lipinski definition) is 3. The second-order valence-electron chi connectivity index (χ2n) is 4.17. The molecule has 0 radical (unpaired) electrons. The Morgan fingerprint density at radius 3 is 2.85 bits per heavy atom. The molecule has 0 atom stereocenters. The number of rotatable bonds is 4. The molecule has 7 heteroatoms. The van der Waals surface area contributed by atoms with Crippen molar-refractivity contribution in [2.75, 3.05) is 11.9 Å². The molecular weight excluding hydrogens is 280 g/mol. The number of carbonyl (C=O) groups excluding carboxylic acids is 2.